The number of rotatable bonds is 3. The highest BCUT2D eigenvalue weighted by atomic mass is 16.5. The van der Waals surface area contributed by atoms with Crippen LogP contribution < -0.4 is 9.47 Å². The standard InChI is InChI=1S/C12H12N2O2/c1-15-10-5-3-9(4-6-10)11-7-8-13-12(14-11)16-2/h3-8H,1-2H3. The molecule has 16 heavy (non-hydrogen) atoms. The normalized spacial score (nSPS) is 9.88. The molecule has 0 radical (unpaired) electrons. The third kappa shape index (κ3) is 2.11. The molecule has 0 saturated carbocycles. The Bertz CT molecular complexity index is 469. The second kappa shape index (κ2) is 4.61. The zero-order valence-electron chi connectivity index (χ0n) is 9.18. The van der Waals surface area contributed by atoms with Crippen LogP contribution in [0.4, 0.5) is 0 Å². The average molecular weight is 216 g/mol. The lowest BCUT2D eigenvalue weighted by atomic mass is 10.1. The molecule has 0 aliphatic carbocycles. The van der Waals surface area contributed by atoms with Gasteiger partial charge in [0, 0.05) is 11.8 Å². The van der Waals surface area contributed by atoms with Crippen molar-refractivity contribution in [2.75, 3.05) is 14.2 Å². The molecule has 4 heteroatoms. The monoisotopic (exact) mass is 216 g/mol. The fourth-order valence-electron chi connectivity index (χ4n) is 1.36. The van der Waals surface area contributed by atoms with Gasteiger partial charge in [-0.2, -0.15) is 4.98 Å². The largest absolute Gasteiger partial charge is 0.497 e. The fraction of sp³-hybridized carbons (Fsp3) is 0.167. The SMILES string of the molecule is COc1ccc(-c2ccnc(OC)n2)cc1. The summed E-state index contributed by atoms with van der Waals surface area (Å²) in [7, 11) is 3.19. The Kier molecular flexibility index (Phi) is 3.00. The molecular weight excluding hydrogens is 204 g/mol. The maximum atomic E-state index is 5.09. The molecule has 0 unspecified atom stereocenters. The first-order valence-electron chi connectivity index (χ1n) is 4.85. The summed E-state index contributed by atoms with van der Waals surface area (Å²) in [5, 5.41) is 0. The smallest absolute Gasteiger partial charge is 0.316 e. The summed E-state index contributed by atoms with van der Waals surface area (Å²) in [5.41, 5.74) is 1.83. The van der Waals surface area contributed by atoms with E-state index in [-0.39, 0.29) is 0 Å². The second-order valence-electron chi connectivity index (χ2n) is 3.16. The highest BCUT2D eigenvalue weighted by molar-refractivity contribution is 5.59. The molecule has 2 rings (SSSR count). The number of hydrogen-bond donors (Lipinski definition) is 0. The van der Waals surface area contributed by atoms with Gasteiger partial charge in [-0.25, -0.2) is 4.98 Å². The van der Waals surface area contributed by atoms with Crippen LogP contribution in [0.1, 0.15) is 0 Å². The molecule has 0 aliphatic rings. The van der Waals surface area contributed by atoms with E-state index in [4.69, 9.17) is 9.47 Å². The first kappa shape index (κ1) is 10.4. The Labute approximate surface area is 93.9 Å². The first-order valence-corrected chi connectivity index (χ1v) is 4.85. The topological polar surface area (TPSA) is 44.2 Å². The Morgan fingerprint density at radius 2 is 1.69 bits per heavy atom. The summed E-state index contributed by atoms with van der Waals surface area (Å²) in [5.74, 6) is 0.824. The van der Waals surface area contributed by atoms with Gasteiger partial charge in [-0.05, 0) is 30.3 Å². The molecular formula is C12H12N2O2. The number of hydrogen-bond acceptors (Lipinski definition) is 4. The first-order chi connectivity index (χ1) is 7.83. The number of nitrogens with zero attached hydrogens (tertiary/aromatic N) is 2. The van der Waals surface area contributed by atoms with Crippen molar-refractivity contribution in [3.8, 4) is 23.0 Å². The summed E-state index contributed by atoms with van der Waals surface area (Å²) < 4.78 is 10.1. The van der Waals surface area contributed by atoms with E-state index in [0.29, 0.717) is 6.01 Å². The van der Waals surface area contributed by atoms with E-state index in [1.807, 2.05) is 30.3 Å². The number of methoxy groups -OCH3 is 2. The van der Waals surface area contributed by atoms with Gasteiger partial charge in [0.15, 0.2) is 0 Å². The van der Waals surface area contributed by atoms with Gasteiger partial charge in [-0.3, -0.25) is 0 Å². The predicted molar refractivity (Wildman–Crippen MR) is 60.6 cm³/mol. The molecule has 0 aliphatic heterocycles. The van der Waals surface area contributed by atoms with Crippen LogP contribution in [-0.4, -0.2) is 24.2 Å². The quantitative estimate of drug-likeness (QED) is 0.788. The minimum absolute atomic E-state index is 0.369. The number of benzene rings is 1. The number of aromatic nitrogens is 2. The Balaban J connectivity index is 2.34. The zero-order chi connectivity index (χ0) is 11.4. The van der Waals surface area contributed by atoms with Crippen LogP contribution in [0.2, 0.25) is 0 Å². The highest BCUT2D eigenvalue weighted by Gasteiger charge is 2.02. The second-order valence-corrected chi connectivity index (χ2v) is 3.16. The highest BCUT2D eigenvalue weighted by Crippen LogP contribution is 2.21. The molecule has 4 nitrogen and oxygen atoms in total. The Morgan fingerprint density at radius 1 is 0.938 bits per heavy atom. The summed E-state index contributed by atoms with van der Waals surface area (Å²) >= 11 is 0. The minimum Gasteiger partial charge on any atom is -0.497 e. The van der Waals surface area contributed by atoms with Crippen molar-refractivity contribution in [1.29, 1.82) is 0 Å². The third-order valence-corrected chi connectivity index (χ3v) is 2.20. The van der Waals surface area contributed by atoms with Gasteiger partial charge in [0.25, 0.3) is 0 Å². The molecule has 1 aromatic heterocycles. The molecule has 0 amide bonds. The lowest BCUT2D eigenvalue weighted by Gasteiger charge is -2.04. The van der Waals surface area contributed by atoms with Gasteiger partial charge in [-0.1, -0.05) is 0 Å². The lowest BCUT2D eigenvalue weighted by molar-refractivity contribution is 0.380. The van der Waals surface area contributed by atoms with Gasteiger partial charge >= 0.3 is 6.01 Å². The van der Waals surface area contributed by atoms with Crippen LogP contribution in [0.15, 0.2) is 36.5 Å². The van der Waals surface area contributed by atoms with Crippen LogP contribution in [0, 0.1) is 0 Å². The van der Waals surface area contributed by atoms with Crippen LogP contribution in [0.3, 0.4) is 0 Å². The lowest BCUT2D eigenvalue weighted by Crippen LogP contribution is -1.92. The van der Waals surface area contributed by atoms with E-state index >= 15 is 0 Å². The van der Waals surface area contributed by atoms with Gasteiger partial charge in [0.2, 0.25) is 0 Å². The molecule has 1 heterocycles. The van der Waals surface area contributed by atoms with Gasteiger partial charge < -0.3 is 9.47 Å². The van der Waals surface area contributed by atoms with E-state index in [1.54, 1.807) is 20.4 Å². The number of ether oxygens (including phenoxy) is 2. The molecule has 0 bridgehead atoms. The predicted octanol–water partition coefficient (Wildman–Crippen LogP) is 2.16. The van der Waals surface area contributed by atoms with Crippen molar-refractivity contribution in [3.05, 3.63) is 36.5 Å². The molecule has 0 saturated heterocycles. The van der Waals surface area contributed by atoms with E-state index in [1.165, 1.54) is 0 Å². The zero-order valence-corrected chi connectivity index (χ0v) is 9.18. The van der Waals surface area contributed by atoms with Gasteiger partial charge in [-0.15, -0.1) is 0 Å². The van der Waals surface area contributed by atoms with Crippen LogP contribution in [-0.2, 0) is 0 Å². The van der Waals surface area contributed by atoms with Crippen molar-refractivity contribution in [1.82, 2.24) is 9.97 Å². The van der Waals surface area contributed by atoms with Crippen LogP contribution in [0.5, 0.6) is 11.8 Å². The van der Waals surface area contributed by atoms with E-state index < -0.39 is 0 Å². The van der Waals surface area contributed by atoms with Crippen molar-refractivity contribution < 1.29 is 9.47 Å². The molecule has 0 N–H and O–H groups in total. The van der Waals surface area contributed by atoms with Gasteiger partial charge in [0.1, 0.15) is 5.75 Å². The Hall–Kier alpha value is -2.10. The third-order valence-electron chi connectivity index (χ3n) is 2.20. The van der Waals surface area contributed by atoms with Crippen LogP contribution >= 0.6 is 0 Å². The molecule has 1 aromatic carbocycles. The molecule has 0 atom stereocenters. The summed E-state index contributed by atoms with van der Waals surface area (Å²) in [6.07, 6.45) is 1.67. The van der Waals surface area contributed by atoms with Crippen molar-refractivity contribution in [2.45, 2.75) is 0 Å². The summed E-state index contributed by atoms with van der Waals surface area (Å²) in [4.78, 5) is 8.20. The fourth-order valence-corrected chi connectivity index (χ4v) is 1.36. The van der Waals surface area contributed by atoms with Crippen molar-refractivity contribution >= 4 is 0 Å². The van der Waals surface area contributed by atoms with Gasteiger partial charge in [0.05, 0.1) is 19.9 Å². The molecule has 2 aromatic rings. The van der Waals surface area contributed by atoms with Crippen molar-refractivity contribution in [3.63, 3.8) is 0 Å². The minimum atomic E-state index is 0.369. The van der Waals surface area contributed by atoms with E-state index in [0.717, 1.165) is 17.0 Å². The van der Waals surface area contributed by atoms with Crippen LogP contribution in [0.25, 0.3) is 11.3 Å². The Morgan fingerprint density at radius 3 is 2.31 bits per heavy atom. The van der Waals surface area contributed by atoms with Crippen molar-refractivity contribution in [2.24, 2.45) is 0 Å². The average Bonchev–Trinajstić information content (AvgIpc) is 2.39. The summed E-state index contributed by atoms with van der Waals surface area (Å²) in [6.45, 7) is 0. The van der Waals surface area contributed by atoms with E-state index in [2.05, 4.69) is 9.97 Å². The maximum Gasteiger partial charge on any atom is 0.316 e. The van der Waals surface area contributed by atoms with E-state index in [9.17, 15) is 0 Å². The molecule has 0 spiro atoms. The summed E-state index contributed by atoms with van der Waals surface area (Å²) in [6, 6.07) is 9.88. The maximum absolute atomic E-state index is 5.09. The molecule has 82 valence electrons. The molecule has 0 fully saturated rings.